The van der Waals surface area contributed by atoms with Crippen LogP contribution in [0.5, 0.6) is 0 Å². The van der Waals surface area contributed by atoms with Crippen molar-refractivity contribution >= 4 is 11.9 Å². The molecule has 0 saturated heterocycles. The molecule has 0 aromatic rings. The monoisotopic (exact) mass is 270 g/mol. The molecule has 0 aliphatic carbocycles. The number of ether oxygens (including phenoxy) is 2. The van der Waals surface area contributed by atoms with Crippen molar-refractivity contribution in [1.29, 1.82) is 0 Å². The number of hydrogen-bond acceptors (Lipinski definition) is 4. The number of esters is 2. The second-order valence-electron chi connectivity index (χ2n) is 5.12. The zero-order valence-electron chi connectivity index (χ0n) is 12.5. The van der Waals surface area contributed by atoms with E-state index in [1.54, 1.807) is 0 Å². The fourth-order valence-electron chi connectivity index (χ4n) is 2.08. The average Bonchev–Trinajstić information content (AvgIpc) is 2.31. The summed E-state index contributed by atoms with van der Waals surface area (Å²) in [5.41, 5.74) is 0. The molecule has 0 saturated carbocycles. The van der Waals surface area contributed by atoms with Gasteiger partial charge in [0.2, 0.25) is 0 Å². The van der Waals surface area contributed by atoms with E-state index < -0.39 is 6.10 Å². The van der Waals surface area contributed by atoms with Crippen molar-refractivity contribution in [3.05, 3.63) is 12.7 Å². The quantitative estimate of drug-likeness (QED) is 0.477. The molecule has 19 heavy (non-hydrogen) atoms. The Hall–Kier alpha value is -1.32. The Morgan fingerprint density at radius 2 is 1.95 bits per heavy atom. The van der Waals surface area contributed by atoms with Crippen LogP contribution in [0.3, 0.4) is 0 Å². The zero-order chi connectivity index (χ0) is 14.8. The molecule has 0 rings (SSSR count). The van der Waals surface area contributed by atoms with Crippen LogP contribution in [0, 0.1) is 11.8 Å². The van der Waals surface area contributed by atoms with Crippen molar-refractivity contribution in [2.75, 3.05) is 6.61 Å². The molecule has 0 N–H and O–H groups in total. The predicted octanol–water partition coefficient (Wildman–Crippen LogP) is 3.11. The molecule has 0 amide bonds. The van der Waals surface area contributed by atoms with Gasteiger partial charge in [0.05, 0.1) is 6.42 Å². The topological polar surface area (TPSA) is 52.6 Å². The summed E-state index contributed by atoms with van der Waals surface area (Å²) in [6.45, 7) is 11.3. The summed E-state index contributed by atoms with van der Waals surface area (Å²) in [5, 5.41) is 0. The first-order valence-electron chi connectivity index (χ1n) is 6.84. The average molecular weight is 270 g/mol. The number of carbonyl (C=O) groups is 2. The molecule has 0 aliphatic rings. The minimum atomic E-state index is -0.401. The van der Waals surface area contributed by atoms with Crippen molar-refractivity contribution in [2.24, 2.45) is 11.8 Å². The number of carbonyl (C=O) groups excluding carboxylic acids is 2. The summed E-state index contributed by atoms with van der Waals surface area (Å²) in [5.74, 6) is -0.0375. The van der Waals surface area contributed by atoms with Crippen molar-refractivity contribution in [3.8, 4) is 0 Å². The predicted molar refractivity (Wildman–Crippen MR) is 74.6 cm³/mol. The van der Waals surface area contributed by atoms with Crippen molar-refractivity contribution < 1.29 is 19.1 Å². The van der Waals surface area contributed by atoms with E-state index >= 15 is 0 Å². The molecule has 0 fully saturated rings. The fourth-order valence-corrected chi connectivity index (χ4v) is 2.08. The summed E-state index contributed by atoms with van der Waals surface area (Å²) in [6, 6.07) is 0. The third-order valence-corrected chi connectivity index (χ3v) is 2.87. The van der Waals surface area contributed by atoms with Crippen LogP contribution in [0.15, 0.2) is 12.7 Å². The highest BCUT2D eigenvalue weighted by Crippen LogP contribution is 2.24. The summed E-state index contributed by atoms with van der Waals surface area (Å²) >= 11 is 0. The molecule has 0 bridgehead atoms. The lowest BCUT2D eigenvalue weighted by Gasteiger charge is -2.26. The summed E-state index contributed by atoms with van der Waals surface area (Å²) in [4.78, 5) is 22.8. The first kappa shape index (κ1) is 17.7. The van der Waals surface area contributed by atoms with Gasteiger partial charge in [-0.3, -0.25) is 9.59 Å². The molecule has 4 heteroatoms. The van der Waals surface area contributed by atoms with Gasteiger partial charge in [-0.15, -0.1) is 0 Å². The summed E-state index contributed by atoms with van der Waals surface area (Å²) < 4.78 is 10.2. The van der Waals surface area contributed by atoms with E-state index in [-0.39, 0.29) is 30.9 Å². The lowest BCUT2D eigenvalue weighted by molar-refractivity contribution is -0.156. The van der Waals surface area contributed by atoms with Crippen LogP contribution >= 0.6 is 0 Å². The number of rotatable bonds is 9. The first-order valence-corrected chi connectivity index (χ1v) is 6.84. The lowest BCUT2D eigenvalue weighted by Crippen LogP contribution is -2.30. The molecule has 0 aliphatic heterocycles. The molecule has 0 unspecified atom stereocenters. The van der Waals surface area contributed by atoms with Crippen LogP contribution in [0.25, 0.3) is 0 Å². The Kier molecular flexibility index (Phi) is 8.92. The van der Waals surface area contributed by atoms with Gasteiger partial charge in [0, 0.05) is 6.92 Å². The Bertz CT molecular complexity index is 297. The molecule has 0 spiro atoms. The van der Waals surface area contributed by atoms with Gasteiger partial charge in [-0.2, -0.15) is 0 Å². The summed E-state index contributed by atoms with van der Waals surface area (Å²) in [7, 11) is 0. The fraction of sp³-hybridized carbons (Fsp3) is 0.733. The van der Waals surface area contributed by atoms with E-state index in [9.17, 15) is 9.59 Å². The molecule has 0 aromatic carbocycles. The highest BCUT2D eigenvalue weighted by atomic mass is 16.6. The normalized spacial score (nSPS) is 13.7. The highest BCUT2D eigenvalue weighted by Gasteiger charge is 2.26. The largest absolute Gasteiger partial charge is 0.462 e. The maximum atomic E-state index is 11.6. The van der Waals surface area contributed by atoms with Gasteiger partial charge >= 0.3 is 11.9 Å². The minimum Gasteiger partial charge on any atom is -0.462 e. The van der Waals surface area contributed by atoms with Gasteiger partial charge < -0.3 is 9.47 Å². The van der Waals surface area contributed by atoms with E-state index in [4.69, 9.17) is 9.47 Å². The van der Waals surface area contributed by atoms with Gasteiger partial charge in [-0.05, 0) is 24.7 Å². The van der Waals surface area contributed by atoms with Crippen molar-refractivity contribution in [2.45, 2.75) is 53.1 Å². The maximum Gasteiger partial charge on any atom is 0.309 e. The smallest absolute Gasteiger partial charge is 0.309 e. The molecule has 2 atom stereocenters. The van der Waals surface area contributed by atoms with Crippen LogP contribution < -0.4 is 0 Å². The Morgan fingerprint density at radius 3 is 2.37 bits per heavy atom. The second kappa shape index (κ2) is 9.59. The van der Waals surface area contributed by atoms with Crippen LogP contribution in [-0.2, 0) is 19.1 Å². The molecule has 4 nitrogen and oxygen atoms in total. The molecule has 0 radical (unpaired) electrons. The van der Waals surface area contributed by atoms with E-state index in [2.05, 4.69) is 20.4 Å². The number of hydrogen-bond donors (Lipinski definition) is 0. The van der Waals surface area contributed by atoms with Gasteiger partial charge in [0.25, 0.3) is 0 Å². The van der Waals surface area contributed by atoms with E-state index in [0.29, 0.717) is 5.92 Å². The van der Waals surface area contributed by atoms with Crippen LogP contribution in [-0.4, -0.2) is 24.6 Å². The third-order valence-electron chi connectivity index (χ3n) is 2.87. The third kappa shape index (κ3) is 8.41. The lowest BCUT2D eigenvalue weighted by atomic mass is 9.88. The molecule has 110 valence electrons. The Balaban J connectivity index is 4.62. The zero-order valence-corrected chi connectivity index (χ0v) is 12.5. The van der Waals surface area contributed by atoms with Gasteiger partial charge in [0.15, 0.2) is 0 Å². The second-order valence-corrected chi connectivity index (χ2v) is 5.12. The summed E-state index contributed by atoms with van der Waals surface area (Å²) in [6.07, 6.45) is 3.01. The van der Waals surface area contributed by atoms with Gasteiger partial charge in [-0.1, -0.05) is 33.4 Å². The van der Waals surface area contributed by atoms with Crippen LogP contribution in [0.1, 0.15) is 47.0 Å². The van der Waals surface area contributed by atoms with E-state index in [1.165, 1.54) is 13.0 Å². The van der Waals surface area contributed by atoms with Crippen LogP contribution in [0.4, 0.5) is 0 Å². The Labute approximate surface area is 116 Å². The Morgan fingerprint density at radius 1 is 1.32 bits per heavy atom. The molecular weight excluding hydrogens is 244 g/mol. The highest BCUT2D eigenvalue weighted by molar-refractivity contribution is 5.71. The molecule has 0 heterocycles. The molecular formula is C15H26O4. The minimum absolute atomic E-state index is 0.110. The maximum absolute atomic E-state index is 11.6. The first-order chi connectivity index (χ1) is 8.90. The van der Waals surface area contributed by atoms with Crippen molar-refractivity contribution in [1.82, 2.24) is 0 Å². The van der Waals surface area contributed by atoms with E-state index in [1.807, 2.05) is 6.92 Å². The van der Waals surface area contributed by atoms with Gasteiger partial charge in [0.1, 0.15) is 12.7 Å². The van der Waals surface area contributed by atoms with Gasteiger partial charge in [-0.25, -0.2) is 0 Å². The van der Waals surface area contributed by atoms with Crippen molar-refractivity contribution in [3.63, 3.8) is 0 Å². The molecule has 0 aromatic heterocycles. The SMILES string of the molecule is C=CCOC(=O)C[C@@H](OC(C)=O)[C@@H](CC)CC(C)C. The standard InChI is InChI=1S/C15H26O4/c1-6-8-18-15(17)10-14(19-12(5)16)13(7-2)9-11(3)4/h6,11,13-14H,1,7-10H2,2-5H3/t13-,14+/m0/s1. The van der Waals surface area contributed by atoms with E-state index in [0.717, 1.165) is 12.8 Å². The van der Waals surface area contributed by atoms with Crippen LogP contribution in [0.2, 0.25) is 0 Å².